The highest BCUT2D eigenvalue weighted by molar-refractivity contribution is 5.96. The van der Waals surface area contributed by atoms with Crippen LogP contribution in [-0.2, 0) is 4.79 Å². The van der Waals surface area contributed by atoms with Gasteiger partial charge in [-0.2, -0.15) is 10.4 Å². The molecule has 0 unspecified atom stereocenters. The number of furan rings is 1. The van der Waals surface area contributed by atoms with E-state index in [4.69, 9.17) is 9.68 Å². The Morgan fingerprint density at radius 2 is 2.56 bits per heavy atom. The molecule has 0 saturated carbocycles. The highest BCUT2D eigenvalue weighted by Crippen LogP contribution is 2.02. The molecule has 5 heteroatoms. The van der Waals surface area contributed by atoms with E-state index in [1.807, 2.05) is 0 Å². The number of allylic oxidation sites excluding steroid dienone is 1. The quantitative estimate of drug-likeness (QED) is 0.615. The van der Waals surface area contributed by atoms with Crippen LogP contribution in [0.5, 0.6) is 0 Å². The van der Waals surface area contributed by atoms with Crippen molar-refractivity contribution in [3.8, 4) is 6.07 Å². The van der Waals surface area contributed by atoms with E-state index in [-0.39, 0.29) is 6.42 Å². The maximum absolute atomic E-state index is 10.9. The van der Waals surface area contributed by atoms with Gasteiger partial charge in [0, 0.05) is 0 Å². The van der Waals surface area contributed by atoms with Gasteiger partial charge < -0.3 is 4.42 Å². The van der Waals surface area contributed by atoms with Crippen molar-refractivity contribution >= 4 is 17.7 Å². The molecule has 0 atom stereocenters. The molecular formula is C11H11N3O2. The van der Waals surface area contributed by atoms with Crippen LogP contribution in [0.2, 0.25) is 0 Å². The van der Waals surface area contributed by atoms with Crippen LogP contribution in [0.1, 0.15) is 19.1 Å². The van der Waals surface area contributed by atoms with E-state index in [1.165, 1.54) is 0 Å². The summed E-state index contributed by atoms with van der Waals surface area (Å²) < 4.78 is 5.08. The van der Waals surface area contributed by atoms with Gasteiger partial charge in [-0.3, -0.25) is 4.79 Å². The number of hydrogen-bond donors (Lipinski definition) is 1. The Kier molecular flexibility index (Phi) is 4.54. The van der Waals surface area contributed by atoms with Crippen LogP contribution in [0.15, 0.2) is 34.0 Å². The fourth-order valence-corrected chi connectivity index (χ4v) is 0.888. The molecule has 1 aromatic rings. The number of nitrogens with zero attached hydrogens (tertiary/aromatic N) is 2. The number of nitriles is 1. The number of carbonyl (C=O) groups is 1. The van der Waals surface area contributed by atoms with E-state index in [2.05, 4.69) is 10.5 Å². The first-order chi connectivity index (χ1) is 7.72. The smallest absolute Gasteiger partial charge is 0.254 e. The predicted octanol–water partition coefficient (Wildman–Crippen LogP) is 1.70. The summed E-state index contributed by atoms with van der Waals surface area (Å²) in [5.74, 6) is 0.283. The number of hydrazone groups is 1. The molecule has 16 heavy (non-hydrogen) atoms. The molecular weight excluding hydrogens is 206 g/mol. The van der Waals surface area contributed by atoms with Crippen molar-refractivity contribution in [2.24, 2.45) is 5.10 Å². The summed E-state index contributed by atoms with van der Waals surface area (Å²) >= 11 is 0. The maximum Gasteiger partial charge on any atom is 0.254 e. The van der Waals surface area contributed by atoms with E-state index in [1.54, 1.807) is 43.5 Å². The van der Waals surface area contributed by atoms with Crippen molar-refractivity contribution in [3.63, 3.8) is 0 Å². The lowest BCUT2D eigenvalue weighted by Gasteiger charge is -1.94. The number of nitrogens with one attached hydrogen (secondary N) is 1. The van der Waals surface area contributed by atoms with Gasteiger partial charge in [0.05, 0.1) is 18.0 Å². The zero-order valence-electron chi connectivity index (χ0n) is 8.80. The lowest BCUT2D eigenvalue weighted by Crippen LogP contribution is -2.17. The molecule has 0 fully saturated rings. The van der Waals surface area contributed by atoms with Gasteiger partial charge in [0.25, 0.3) is 5.91 Å². The van der Waals surface area contributed by atoms with E-state index in [0.29, 0.717) is 11.5 Å². The molecule has 0 bridgehead atoms. The molecule has 1 N–H and O–H groups in total. The summed E-state index contributed by atoms with van der Waals surface area (Å²) in [6, 6.07) is 5.31. The Labute approximate surface area is 93.1 Å². The lowest BCUT2D eigenvalue weighted by atomic mass is 10.3. The van der Waals surface area contributed by atoms with Crippen LogP contribution in [0, 0.1) is 11.3 Å². The van der Waals surface area contributed by atoms with Crippen LogP contribution >= 0.6 is 0 Å². The minimum Gasteiger partial charge on any atom is -0.465 e. The van der Waals surface area contributed by atoms with Gasteiger partial charge in [-0.15, -0.1) is 0 Å². The van der Waals surface area contributed by atoms with Crippen LogP contribution in [0.4, 0.5) is 0 Å². The largest absolute Gasteiger partial charge is 0.465 e. The summed E-state index contributed by atoms with van der Waals surface area (Å²) in [5.41, 5.74) is 2.87. The number of carbonyl (C=O) groups excluding carboxylic acids is 1. The van der Waals surface area contributed by atoms with Crippen LogP contribution in [0.25, 0.3) is 6.08 Å². The zero-order valence-corrected chi connectivity index (χ0v) is 8.80. The zero-order chi connectivity index (χ0) is 11.8. The van der Waals surface area contributed by atoms with Crippen LogP contribution < -0.4 is 5.43 Å². The Morgan fingerprint density at radius 3 is 3.19 bits per heavy atom. The second-order valence-electron chi connectivity index (χ2n) is 2.97. The summed E-state index contributed by atoms with van der Waals surface area (Å²) in [7, 11) is 0. The lowest BCUT2D eigenvalue weighted by molar-refractivity contribution is -0.120. The van der Waals surface area contributed by atoms with Crippen LogP contribution in [-0.4, -0.2) is 11.6 Å². The molecule has 82 valence electrons. The first-order valence-electron chi connectivity index (χ1n) is 4.64. The fraction of sp³-hybridized carbons (Fsp3) is 0.182. The minimum atomic E-state index is -0.423. The molecule has 1 amide bonds. The SMILES string of the molecule is CC(/C=C\c1ccco1)=N\NC(=O)CC#N. The standard InChI is InChI=1S/C11H11N3O2/c1-9(13-14-11(15)6-7-12)4-5-10-3-2-8-16-10/h2-5,8H,6H2,1H3,(H,14,15)/b5-4-,13-9+. The Balaban J connectivity index is 2.46. The first kappa shape index (κ1) is 11.7. The van der Waals surface area contributed by atoms with Gasteiger partial charge in [0.2, 0.25) is 0 Å². The summed E-state index contributed by atoms with van der Waals surface area (Å²) in [6.07, 6.45) is 4.81. The first-order valence-corrected chi connectivity index (χ1v) is 4.64. The van der Waals surface area contributed by atoms with Crippen molar-refractivity contribution in [2.45, 2.75) is 13.3 Å². The molecule has 0 aliphatic carbocycles. The molecule has 1 heterocycles. The van der Waals surface area contributed by atoms with Crippen molar-refractivity contribution in [1.29, 1.82) is 5.26 Å². The Morgan fingerprint density at radius 1 is 1.75 bits per heavy atom. The molecule has 0 aliphatic heterocycles. The molecule has 0 spiro atoms. The van der Waals surface area contributed by atoms with Crippen molar-refractivity contribution in [1.82, 2.24) is 5.43 Å². The molecule has 1 rings (SSSR count). The minimum absolute atomic E-state index is 0.196. The molecule has 0 aromatic carbocycles. The Hall–Kier alpha value is -2.35. The molecule has 5 nitrogen and oxygen atoms in total. The van der Waals surface area contributed by atoms with E-state index in [9.17, 15) is 4.79 Å². The van der Waals surface area contributed by atoms with Gasteiger partial charge in [0.15, 0.2) is 0 Å². The van der Waals surface area contributed by atoms with Crippen LogP contribution in [0.3, 0.4) is 0 Å². The number of rotatable bonds is 4. The third kappa shape index (κ3) is 4.24. The van der Waals surface area contributed by atoms with Gasteiger partial charge in [-0.1, -0.05) is 0 Å². The topological polar surface area (TPSA) is 78.4 Å². The second-order valence-corrected chi connectivity index (χ2v) is 2.97. The normalized spacial score (nSPS) is 11.4. The van der Waals surface area contributed by atoms with Gasteiger partial charge in [0.1, 0.15) is 12.2 Å². The highest BCUT2D eigenvalue weighted by Gasteiger charge is 1.96. The summed E-state index contributed by atoms with van der Waals surface area (Å²) in [5, 5.41) is 12.0. The monoisotopic (exact) mass is 217 g/mol. The molecule has 0 aliphatic rings. The van der Waals surface area contributed by atoms with Gasteiger partial charge >= 0.3 is 0 Å². The van der Waals surface area contributed by atoms with E-state index < -0.39 is 5.91 Å². The Bertz CT molecular complexity index is 438. The van der Waals surface area contributed by atoms with Crippen molar-refractivity contribution in [2.75, 3.05) is 0 Å². The third-order valence-electron chi connectivity index (χ3n) is 1.63. The number of hydrogen-bond acceptors (Lipinski definition) is 4. The average Bonchev–Trinajstić information content (AvgIpc) is 2.77. The predicted molar refractivity (Wildman–Crippen MR) is 59.2 cm³/mol. The molecule has 1 aromatic heterocycles. The van der Waals surface area contributed by atoms with Crippen molar-refractivity contribution in [3.05, 3.63) is 30.2 Å². The summed E-state index contributed by atoms with van der Waals surface area (Å²) in [4.78, 5) is 10.9. The van der Waals surface area contributed by atoms with E-state index in [0.717, 1.165) is 0 Å². The second kappa shape index (κ2) is 6.19. The summed E-state index contributed by atoms with van der Waals surface area (Å²) in [6.45, 7) is 1.73. The maximum atomic E-state index is 10.9. The van der Waals surface area contributed by atoms with E-state index >= 15 is 0 Å². The van der Waals surface area contributed by atoms with Gasteiger partial charge in [-0.05, 0) is 31.2 Å². The third-order valence-corrected chi connectivity index (χ3v) is 1.63. The average molecular weight is 217 g/mol. The molecule has 0 saturated heterocycles. The number of amides is 1. The highest BCUT2D eigenvalue weighted by atomic mass is 16.3. The fourth-order valence-electron chi connectivity index (χ4n) is 0.888. The van der Waals surface area contributed by atoms with Gasteiger partial charge in [-0.25, -0.2) is 5.43 Å². The van der Waals surface area contributed by atoms with Crippen molar-refractivity contribution < 1.29 is 9.21 Å². The molecule has 0 radical (unpaired) electrons.